The zero-order valence-electron chi connectivity index (χ0n) is 9.62. The molecule has 1 aromatic heterocycles. The maximum absolute atomic E-state index is 11.5. The van der Waals surface area contributed by atoms with E-state index in [2.05, 4.69) is 18.3 Å². The number of carbonyl (C=O) groups excluding carboxylic acids is 1. The van der Waals surface area contributed by atoms with Gasteiger partial charge in [-0.05, 0) is 42.7 Å². The molecule has 1 amide bonds. The van der Waals surface area contributed by atoms with Crippen molar-refractivity contribution in [2.75, 3.05) is 5.32 Å². The Hall–Kier alpha value is -2.03. The van der Waals surface area contributed by atoms with Gasteiger partial charge in [-0.15, -0.1) is 0 Å². The van der Waals surface area contributed by atoms with Crippen LogP contribution in [0.25, 0.3) is 11.3 Å². The molecule has 0 aliphatic carbocycles. The van der Waals surface area contributed by atoms with E-state index >= 15 is 0 Å². The van der Waals surface area contributed by atoms with E-state index in [1.807, 2.05) is 18.2 Å². The Balaban J connectivity index is 2.20. The van der Waals surface area contributed by atoms with Crippen LogP contribution in [0.4, 0.5) is 5.69 Å². The number of rotatable bonds is 1. The standard InChI is InChI=1S/C14H13NO2/c1-9-7-10-4-5-13(16)15-14(10)11(8-9)12-3-2-6-17-12/h2-3,6-8H,4-5H2,1H3,(H,15,16). The Bertz CT molecular complexity index is 570. The van der Waals surface area contributed by atoms with E-state index in [0.29, 0.717) is 6.42 Å². The van der Waals surface area contributed by atoms with Crippen molar-refractivity contribution in [3.63, 3.8) is 0 Å². The minimum Gasteiger partial charge on any atom is -0.464 e. The number of carbonyl (C=O) groups is 1. The van der Waals surface area contributed by atoms with Crippen LogP contribution in [0.2, 0.25) is 0 Å². The number of nitrogens with one attached hydrogen (secondary N) is 1. The first-order chi connectivity index (χ1) is 8.24. The minimum absolute atomic E-state index is 0.0779. The van der Waals surface area contributed by atoms with Crippen molar-refractivity contribution in [3.05, 3.63) is 41.7 Å². The molecule has 1 aromatic carbocycles. The number of furan rings is 1. The molecule has 0 fully saturated rings. The molecule has 17 heavy (non-hydrogen) atoms. The maximum atomic E-state index is 11.5. The van der Waals surface area contributed by atoms with Crippen LogP contribution in [-0.4, -0.2) is 5.91 Å². The van der Waals surface area contributed by atoms with Gasteiger partial charge >= 0.3 is 0 Å². The third-order valence-electron chi connectivity index (χ3n) is 3.04. The Labute approximate surface area is 99.4 Å². The molecule has 1 N–H and O–H groups in total. The Morgan fingerprint density at radius 1 is 1.29 bits per heavy atom. The van der Waals surface area contributed by atoms with Crippen LogP contribution in [0.3, 0.4) is 0 Å². The van der Waals surface area contributed by atoms with Gasteiger partial charge in [-0.2, -0.15) is 0 Å². The summed E-state index contributed by atoms with van der Waals surface area (Å²) in [5.74, 6) is 0.876. The number of fused-ring (bicyclic) bond motifs is 1. The van der Waals surface area contributed by atoms with Crippen LogP contribution in [0, 0.1) is 6.92 Å². The van der Waals surface area contributed by atoms with Gasteiger partial charge in [-0.3, -0.25) is 4.79 Å². The summed E-state index contributed by atoms with van der Waals surface area (Å²) in [6, 6.07) is 7.94. The summed E-state index contributed by atoms with van der Waals surface area (Å²) < 4.78 is 5.42. The highest BCUT2D eigenvalue weighted by Crippen LogP contribution is 2.35. The topological polar surface area (TPSA) is 42.2 Å². The van der Waals surface area contributed by atoms with Crippen molar-refractivity contribution in [2.45, 2.75) is 19.8 Å². The van der Waals surface area contributed by atoms with Gasteiger partial charge in [0.2, 0.25) is 5.91 Å². The van der Waals surface area contributed by atoms with E-state index in [9.17, 15) is 4.79 Å². The van der Waals surface area contributed by atoms with E-state index in [1.54, 1.807) is 6.26 Å². The summed E-state index contributed by atoms with van der Waals surface area (Å²) in [5.41, 5.74) is 4.25. The first-order valence-electron chi connectivity index (χ1n) is 5.71. The zero-order valence-corrected chi connectivity index (χ0v) is 9.62. The highest BCUT2D eigenvalue weighted by atomic mass is 16.3. The number of hydrogen-bond acceptors (Lipinski definition) is 2. The molecule has 2 aromatic rings. The fraction of sp³-hybridized carbons (Fsp3) is 0.214. The van der Waals surface area contributed by atoms with E-state index in [4.69, 9.17) is 4.42 Å². The molecule has 0 saturated carbocycles. The van der Waals surface area contributed by atoms with Gasteiger partial charge in [0.05, 0.1) is 12.0 Å². The lowest BCUT2D eigenvalue weighted by atomic mass is 9.95. The van der Waals surface area contributed by atoms with E-state index in [0.717, 1.165) is 23.4 Å². The summed E-state index contributed by atoms with van der Waals surface area (Å²) in [6.45, 7) is 2.06. The van der Waals surface area contributed by atoms with Crippen LogP contribution < -0.4 is 5.32 Å². The number of aryl methyl sites for hydroxylation is 2. The van der Waals surface area contributed by atoms with Crippen LogP contribution in [0.1, 0.15) is 17.5 Å². The normalized spacial score (nSPS) is 14.3. The van der Waals surface area contributed by atoms with Crippen molar-refractivity contribution in [3.8, 4) is 11.3 Å². The van der Waals surface area contributed by atoms with Gasteiger partial charge in [-0.1, -0.05) is 6.07 Å². The SMILES string of the molecule is Cc1cc2c(c(-c3ccco3)c1)NC(=O)CC2. The van der Waals surface area contributed by atoms with Crippen molar-refractivity contribution in [1.29, 1.82) is 0 Å². The summed E-state index contributed by atoms with van der Waals surface area (Å²) in [7, 11) is 0. The molecule has 1 aliphatic rings. The maximum Gasteiger partial charge on any atom is 0.224 e. The van der Waals surface area contributed by atoms with Gasteiger partial charge in [0.1, 0.15) is 5.76 Å². The van der Waals surface area contributed by atoms with Crippen molar-refractivity contribution in [1.82, 2.24) is 0 Å². The first-order valence-corrected chi connectivity index (χ1v) is 5.71. The van der Waals surface area contributed by atoms with Gasteiger partial charge in [0.25, 0.3) is 0 Å². The lowest BCUT2D eigenvalue weighted by Crippen LogP contribution is -2.19. The van der Waals surface area contributed by atoms with E-state index in [1.165, 1.54) is 11.1 Å². The zero-order chi connectivity index (χ0) is 11.8. The van der Waals surface area contributed by atoms with Gasteiger partial charge < -0.3 is 9.73 Å². The molecular weight excluding hydrogens is 214 g/mol. The van der Waals surface area contributed by atoms with Crippen molar-refractivity contribution < 1.29 is 9.21 Å². The average molecular weight is 227 g/mol. The van der Waals surface area contributed by atoms with E-state index < -0.39 is 0 Å². The molecule has 0 spiro atoms. The molecule has 86 valence electrons. The van der Waals surface area contributed by atoms with Crippen molar-refractivity contribution in [2.24, 2.45) is 0 Å². The molecule has 0 saturated heterocycles. The average Bonchev–Trinajstić information content (AvgIpc) is 2.82. The molecule has 3 heteroatoms. The van der Waals surface area contributed by atoms with Crippen LogP contribution in [0.15, 0.2) is 34.9 Å². The third-order valence-corrected chi connectivity index (χ3v) is 3.04. The molecule has 2 heterocycles. The quantitative estimate of drug-likeness (QED) is 0.813. The second kappa shape index (κ2) is 3.77. The third kappa shape index (κ3) is 1.73. The Morgan fingerprint density at radius 2 is 2.18 bits per heavy atom. The molecule has 0 atom stereocenters. The lowest BCUT2D eigenvalue weighted by Gasteiger charge is -2.20. The largest absolute Gasteiger partial charge is 0.464 e. The molecule has 0 radical (unpaired) electrons. The second-order valence-electron chi connectivity index (χ2n) is 4.37. The fourth-order valence-corrected chi connectivity index (χ4v) is 2.28. The number of amides is 1. The van der Waals surface area contributed by atoms with Crippen LogP contribution >= 0.6 is 0 Å². The highest BCUT2D eigenvalue weighted by molar-refractivity contribution is 5.98. The fourth-order valence-electron chi connectivity index (χ4n) is 2.28. The monoisotopic (exact) mass is 227 g/mol. The van der Waals surface area contributed by atoms with Gasteiger partial charge in [0.15, 0.2) is 0 Å². The predicted octanol–water partition coefficient (Wildman–Crippen LogP) is 3.14. The van der Waals surface area contributed by atoms with Crippen molar-refractivity contribution >= 4 is 11.6 Å². The minimum atomic E-state index is 0.0779. The second-order valence-corrected chi connectivity index (χ2v) is 4.37. The van der Waals surface area contributed by atoms with Gasteiger partial charge in [-0.25, -0.2) is 0 Å². The summed E-state index contributed by atoms with van der Waals surface area (Å²) in [6.07, 6.45) is 3.01. The number of benzene rings is 1. The Kier molecular flexibility index (Phi) is 2.25. The summed E-state index contributed by atoms with van der Waals surface area (Å²) in [5, 5.41) is 2.95. The summed E-state index contributed by atoms with van der Waals surface area (Å²) in [4.78, 5) is 11.5. The van der Waals surface area contributed by atoms with Crippen LogP contribution in [-0.2, 0) is 11.2 Å². The van der Waals surface area contributed by atoms with Gasteiger partial charge in [0, 0.05) is 12.0 Å². The number of hydrogen-bond donors (Lipinski definition) is 1. The smallest absolute Gasteiger partial charge is 0.224 e. The molecule has 0 bridgehead atoms. The molecule has 3 rings (SSSR count). The first kappa shape index (κ1) is 10.1. The highest BCUT2D eigenvalue weighted by Gasteiger charge is 2.20. The van der Waals surface area contributed by atoms with Crippen LogP contribution in [0.5, 0.6) is 0 Å². The Morgan fingerprint density at radius 3 is 2.94 bits per heavy atom. The molecule has 0 unspecified atom stereocenters. The lowest BCUT2D eigenvalue weighted by molar-refractivity contribution is -0.116. The molecule has 1 aliphatic heterocycles. The van der Waals surface area contributed by atoms with E-state index in [-0.39, 0.29) is 5.91 Å². The predicted molar refractivity (Wildman–Crippen MR) is 65.8 cm³/mol. The molecular formula is C14H13NO2. The number of anilines is 1. The molecule has 3 nitrogen and oxygen atoms in total. The summed E-state index contributed by atoms with van der Waals surface area (Å²) >= 11 is 0.